The number of halogens is 5. The van der Waals surface area contributed by atoms with Gasteiger partial charge in [-0.05, 0) is 66.8 Å². The summed E-state index contributed by atoms with van der Waals surface area (Å²) in [4.78, 5) is 36.7. The molecule has 6 nitrogen and oxygen atoms in total. The first kappa shape index (κ1) is 38.4. The molecule has 0 atom stereocenters. The molecule has 0 spiro atoms. The van der Waals surface area contributed by atoms with E-state index < -0.39 is 23.4 Å². The number of carbonyl (C=O) groups excluding carboxylic acids is 1. The minimum atomic E-state index is -4.42. The van der Waals surface area contributed by atoms with Crippen LogP contribution >= 0.6 is 23.1 Å². The van der Waals surface area contributed by atoms with Crippen molar-refractivity contribution in [3.05, 3.63) is 152 Å². The Morgan fingerprint density at radius 1 is 0.927 bits per heavy atom. The molecule has 1 aliphatic rings. The van der Waals surface area contributed by atoms with Crippen LogP contribution in [-0.4, -0.2) is 44.4 Å². The van der Waals surface area contributed by atoms with Crippen molar-refractivity contribution in [2.75, 3.05) is 13.1 Å². The van der Waals surface area contributed by atoms with Gasteiger partial charge in [0, 0.05) is 60.4 Å². The summed E-state index contributed by atoms with van der Waals surface area (Å²) in [7, 11) is 0. The summed E-state index contributed by atoms with van der Waals surface area (Å²) < 4.78 is 69.9. The van der Waals surface area contributed by atoms with Crippen molar-refractivity contribution in [1.29, 1.82) is 0 Å². The molecule has 2 aromatic heterocycles. The number of hydrogen-bond acceptors (Lipinski definition) is 6. The van der Waals surface area contributed by atoms with Gasteiger partial charge in [0.15, 0.2) is 17.1 Å². The molecule has 1 aliphatic heterocycles. The van der Waals surface area contributed by atoms with Crippen LogP contribution in [0.25, 0.3) is 22.0 Å². The molecule has 55 heavy (non-hydrogen) atoms. The van der Waals surface area contributed by atoms with Crippen molar-refractivity contribution in [3.63, 3.8) is 0 Å². The van der Waals surface area contributed by atoms with Gasteiger partial charge in [-0.25, -0.2) is 13.8 Å². The second-order valence-electron chi connectivity index (χ2n) is 13.6. The van der Waals surface area contributed by atoms with E-state index in [9.17, 15) is 31.5 Å². The lowest BCUT2D eigenvalue weighted by Crippen LogP contribution is -2.48. The number of pyridine rings is 1. The molecule has 4 aromatic carbocycles. The Kier molecular flexibility index (Phi) is 11.5. The van der Waals surface area contributed by atoms with Crippen LogP contribution in [0, 0.1) is 18.6 Å². The summed E-state index contributed by atoms with van der Waals surface area (Å²) in [6.07, 6.45) is -2.97. The van der Waals surface area contributed by atoms with Gasteiger partial charge in [0.25, 0.3) is 0 Å². The van der Waals surface area contributed by atoms with Gasteiger partial charge in [-0.3, -0.25) is 14.5 Å². The molecule has 0 bridgehead atoms. The highest BCUT2D eigenvalue weighted by Crippen LogP contribution is 2.32. The average Bonchev–Trinajstić information content (AvgIpc) is 3.60. The Morgan fingerprint density at radius 3 is 2.29 bits per heavy atom. The van der Waals surface area contributed by atoms with Crippen LogP contribution in [0.3, 0.4) is 0 Å². The van der Waals surface area contributed by atoms with Crippen LogP contribution in [-0.2, 0) is 36.4 Å². The number of thiazole rings is 1. The van der Waals surface area contributed by atoms with E-state index in [4.69, 9.17) is 0 Å². The Morgan fingerprint density at radius 2 is 1.62 bits per heavy atom. The minimum absolute atomic E-state index is 0.0432. The second kappa shape index (κ2) is 16.5. The van der Waals surface area contributed by atoms with Gasteiger partial charge >= 0.3 is 6.18 Å². The third kappa shape index (κ3) is 9.01. The Balaban J connectivity index is 1.16. The van der Waals surface area contributed by atoms with Crippen LogP contribution in [0.4, 0.5) is 22.0 Å². The fourth-order valence-corrected chi connectivity index (χ4v) is 8.63. The molecule has 0 radical (unpaired) electrons. The highest BCUT2D eigenvalue weighted by molar-refractivity contribution is 7.98. The number of carbonyl (C=O) groups is 1. The zero-order chi connectivity index (χ0) is 38.7. The monoisotopic (exact) mass is 788 g/mol. The second-order valence-corrected chi connectivity index (χ2v) is 15.7. The topological polar surface area (TPSA) is 58.4 Å². The van der Waals surface area contributed by atoms with Gasteiger partial charge in [0.2, 0.25) is 5.91 Å². The molecule has 284 valence electrons. The summed E-state index contributed by atoms with van der Waals surface area (Å²) in [5.74, 6) is -2.04. The first-order valence-electron chi connectivity index (χ1n) is 17.8. The van der Waals surface area contributed by atoms with Crippen LogP contribution in [0.1, 0.15) is 40.2 Å². The molecule has 1 saturated heterocycles. The van der Waals surface area contributed by atoms with E-state index in [0.717, 1.165) is 84.3 Å². The summed E-state index contributed by atoms with van der Waals surface area (Å²) in [6, 6.07) is 24.8. The Bertz CT molecular complexity index is 2350. The number of para-hydroxylation sites is 1. The van der Waals surface area contributed by atoms with Crippen molar-refractivity contribution in [3.8, 4) is 11.1 Å². The van der Waals surface area contributed by atoms with Crippen molar-refractivity contribution in [1.82, 2.24) is 19.4 Å². The number of nitrogens with zero attached hydrogens (tertiary/aromatic N) is 4. The van der Waals surface area contributed by atoms with E-state index in [-0.39, 0.29) is 41.8 Å². The number of thioether (sulfide) groups is 1. The Hall–Kier alpha value is -4.85. The number of hydrogen-bond donors (Lipinski definition) is 0. The largest absolute Gasteiger partial charge is 0.416 e. The number of rotatable bonds is 11. The number of aromatic nitrogens is 2. The average molecular weight is 789 g/mol. The molecule has 6 aromatic rings. The van der Waals surface area contributed by atoms with E-state index in [1.54, 1.807) is 40.2 Å². The number of alkyl halides is 3. The van der Waals surface area contributed by atoms with E-state index in [0.29, 0.717) is 21.5 Å². The maximum atomic E-state index is 14.6. The van der Waals surface area contributed by atoms with Gasteiger partial charge in [-0.15, -0.1) is 23.1 Å². The molecule has 0 saturated carbocycles. The SMILES string of the molecule is Cc1nc(CN2CCC(N(Cc3ccc(-c4ccc(C(F)(F)F)cc4)cc3)C(=O)Cn3c(SCc4cccc(F)c4F)cc(=O)c4ccccc43)CC2)cs1. The Labute approximate surface area is 323 Å². The molecular weight excluding hydrogens is 752 g/mol. The maximum Gasteiger partial charge on any atom is 0.416 e. The smallest absolute Gasteiger partial charge is 0.334 e. The van der Waals surface area contributed by atoms with Gasteiger partial charge in [-0.1, -0.05) is 60.7 Å². The minimum Gasteiger partial charge on any atom is -0.334 e. The highest BCUT2D eigenvalue weighted by atomic mass is 32.2. The third-order valence-corrected chi connectivity index (χ3v) is 11.8. The zero-order valence-electron chi connectivity index (χ0n) is 29.9. The lowest BCUT2D eigenvalue weighted by Gasteiger charge is -2.39. The van der Waals surface area contributed by atoms with E-state index in [1.807, 2.05) is 36.1 Å². The van der Waals surface area contributed by atoms with Crippen LogP contribution < -0.4 is 5.43 Å². The number of likely N-dealkylation sites (tertiary alicyclic amines) is 1. The summed E-state index contributed by atoms with van der Waals surface area (Å²) >= 11 is 2.78. The number of benzene rings is 4. The van der Waals surface area contributed by atoms with Crippen LogP contribution in [0.2, 0.25) is 0 Å². The molecule has 7 rings (SSSR count). The molecule has 13 heteroatoms. The van der Waals surface area contributed by atoms with Gasteiger partial charge in [-0.2, -0.15) is 13.2 Å². The number of fused-ring (bicyclic) bond motifs is 1. The number of piperidine rings is 1. The normalized spacial score (nSPS) is 14.1. The fraction of sp³-hybridized carbons (Fsp3) is 0.262. The van der Waals surface area contributed by atoms with Crippen LogP contribution in [0.15, 0.2) is 112 Å². The van der Waals surface area contributed by atoms with Crippen molar-refractivity contribution >= 4 is 39.9 Å². The molecule has 1 amide bonds. The lowest BCUT2D eigenvalue weighted by atomic mass is 10.00. The number of amides is 1. The molecule has 0 unspecified atom stereocenters. The van der Waals surface area contributed by atoms with E-state index >= 15 is 0 Å². The number of aryl methyl sites for hydroxylation is 1. The quantitative estimate of drug-likeness (QED) is 0.0968. The zero-order valence-corrected chi connectivity index (χ0v) is 31.5. The standard InChI is InChI=1S/C42H37F5N4O2S2/c1-27-48-33(26-54-27)23-49-19-17-34(18-20-49)50(22-28-9-11-29(12-10-28)30-13-15-32(16-14-30)42(45,46)47)39(53)24-51-37-8-3-2-6-35(37)38(52)21-40(51)55-25-31-5-4-7-36(43)41(31)44/h2-16,21,26,34H,17-20,22-25H2,1H3. The predicted octanol–water partition coefficient (Wildman–Crippen LogP) is 9.72. The summed E-state index contributed by atoms with van der Waals surface area (Å²) in [5.41, 5.74) is 3.01. The molecule has 3 heterocycles. The van der Waals surface area contributed by atoms with Crippen LogP contribution in [0.5, 0.6) is 0 Å². The summed E-state index contributed by atoms with van der Waals surface area (Å²) in [6.45, 7) is 4.42. The van der Waals surface area contributed by atoms with Gasteiger partial charge in [0.05, 0.1) is 26.8 Å². The lowest BCUT2D eigenvalue weighted by molar-refractivity contribution is -0.137. The van der Waals surface area contributed by atoms with Crippen molar-refractivity contribution < 1.29 is 26.7 Å². The van der Waals surface area contributed by atoms with E-state index in [2.05, 4.69) is 15.3 Å². The maximum absolute atomic E-state index is 14.6. The fourth-order valence-electron chi connectivity index (χ4n) is 7.00. The predicted molar refractivity (Wildman–Crippen MR) is 207 cm³/mol. The first-order chi connectivity index (χ1) is 26.4. The van der Waals surface area contributed by atoms with Crippen molar-refractivity contribution in [2.24, 2.45) is 0 Å². The highest BCUT2D eigenvalue weighted by Gasteiger charge is 2.31. The molecular formula is C42H37F5N4O2S2. The first-order valence-corrected chi connectivity index (χ1v) is 19.7. The van der Waals surface area contributed by atoms with Crippen molar-refractivity contribution in [2.45, 2.75) is 62.4 Å². The van der Waals surface area contributed by atoms with Gasteiger partial charge in [0.1, 0.15) is 6.54 Å². The van der Waals surface area contributed by atoms with Gasteiger partial charge < -0.3 is 9.47 Å². The molecule has 1 fully saturated rings. The molecule has 0 N–H and O–H groups in total. The summed E-state index contributed by atoms with van der Waals surface area (Å²) in [5, 5.41) is 3.97. The molecule has 0 aliphatic carbocycles. The van der Waals surface area contributed by atoms with E-state index in [1.165, 1.54) is 30.3 Å². The third-order valence-electron chi connectivity index (χ3n) is 9.90.